The zero-order valence-electron chi connectivity index (χ0n) is 8.56. The molecule has 0 spiro atoms. The Labute approximate surface area is 108 Å². The fourth-order valence-electron chi connectivity index (χ4n) is 1.25. The van der Waals surface area contributed by atoms with Gasteiger partial charge in [-0.3, -0.25) is 4.79 Å². The molecule has 0 fully saturated rings. The smallest absolute Gasteiger partial charge is 0.356 e. The summed E-state index contributed by atoms with van der Waals surface area (Å²) in [5.41, 5.74) is -0.235. The van der Waals surface area contributed by atoms with Crippen LogP contribution in [0.4, 0.5) is 0 Å². The van der Waals surface area contributed by atoms with Gasteiger partial charge in [0.1, 0.15) is 4.88 Å². The van der Waals surface area contributed by atoms with Gasteiger partial charge in [0, 0.05) is 6.92 Å². The van der Waals surface area contributed by atoms with Crippen LogP contribution >= 0.6 is 27.3 Å². The van der Waals surface area contributed by atoms with E-state index < -0.39 is 5.97 Å². The van der Waals surface area contributed by atoms with Gasteiger partial charge < -0.3 is 9.52 Å². The number of aromatic carboxylic acids is 1. The fourth-order valence-corrected chi connectivity index (χ4v) is 2.72. The van der Waals surface area contributed by atoms with Gasteiger partial charge in [0.15, 0.2) is 22.2 Å². The van der Waals surface area contributed by atoms with Crippen molar-refractivity contribution in [3.8, 4) is 10.8 Å². The van der Waals surface area contributed by atoms with Crippen molar-refractivity contribution >= 4 is 39.0 Å². The molecule has 2 heterocycles. The summed E-state index contributed by atoms with van der Waals surface area (Å²) in [5.74, 6) is -1.13. The van der Waals surface area contributed by atoms with Gasteiger partial charge in [-0.15, -0.1) is 11.3 Å². The molecule has 1 N–H and O–H groups in total. The second-order valence-corrected chi connectivity index (χ2v) is 5.01. The third-order valence-electron chi connectivity index (χ3n) is 1.96. The Kier molecular flexibility index (Phi) is 3.12. The summed E-state index contributed by atoms with van der Waals surface area (Å²) in [6.07, 6.45) is 1.45. The minimum Gasteiger partial charge on any atom is -0.476 e. The molecule has 5 nitrogen and oxygen atoms in total. The van der Waals surface area contributed by atoms with Crippen LogP contribution < -0.4 is 0 Å². The Hall–Kier alpha value is -1.47. The third kappa shape index (κ3) is 2.16. The van der Waals surface area contributed by atoms with Crippen LogP contribution in [0.2, 0.25) is 0 Å². The molecule has 0 aliphatic carbocycles. The minimum absolute atomic E-state index is 0.121. The molecule has 2 rings (SSSR count). The van der Waals surface area contributed by atoms with Crippen molar-refractivity contribution in [1.29, 1.82) is 0 Å². The van der Waals surface area contributed by atoms with E-state index in [9.17, 15) is 9.59 Å². The van der Waals surface area contributed by atoms with E-state index in [1.165, 1.54) is 13.2 Å². The quantitative estimate of drug-likeness (QED) is 0.880. The highest BCUT2D eigenvalue weighted by Gasteiger charge is 2.23. The van der Waals surface area contributed by atoms with Gasteiger partial charge in [-0.05, 0) is 22.0 Å². The summed E-state index contributed by atoms with van der Waals surface area (Å²) in [6.45, 7) is 1.31. The first-order valence-electron chi connectivity index (χ1n) is 4.49. The normalized spacial score (nSPS) is 10.5. The Morgan fingerprint density at radius 3 is 2.65 bits per heavy atom. The number of ketones is 1. The summed E-state index contributed by atoms with van der Waals surface area (Å²) in [5, 5.41) is 9.31. The van der Waals surface area contributed by atoms with Crippen LogP contribution in [0.5, 0.6) is 0 Å². The van der Waals surface area contributed by atoms with Gasteiger partial charge in [0.25, 0.3) is 0 Å². The largest absolute Gasteiger partial charge is 0.476 e. The van der Waals surface area contributed by atoms with E-state index in [0.29, 0.717) is 15.2 Å². The Balaban J connectivity index is 2.59. The van der Waals surface area contributed by atoms with Crippen LogP contribution in [0.3, 0.4) is 0 Å². The van der Waals surface area contributed by atoms with Crippen LogP contribution in [0.15, 0.2) is 21.2 Å². The van der Waals surface area contributed by atoms with Crippen molar-refractivity contribution < 1.29 is 19.1 Å². The number of Topliss-reactive ketones (excluding diaryl/α,β-unsaturated/α-hetero) is 1. The number of furan rings is 1. The molecule has 0 aliphatic rings. The van der Waals surface area contributed by atoms with Crippen LogP contribution in [-0.2, 0) is 0 Å². The fraction of sp³-hybridized carbons (Fsp3) is 0.100. The summed E-state index contributed by atoms with van der Waals surface area (Å²) in [7, 11) is 0. The molecule has 0 aliphatic heterocycles. The van der Waals surface area contributed by atoms with Gasteiger partial charge in [-0.25, -0.2) is 9.78 Å². The second kappa shape index (κ2) is 4.42. The lowest BCUT2D eigenvalue weighted by molar-refractivity contribution is 0.0687. The molecule has 7 heteroatoms. The maximum atomic E-state index is 11.3. The van der Waals surface area contributed by atoms with E-state index in [2.05, 4.69) is 20.9 Å². The van der Waals surface area contributed by atoms with Gasteiger partial charge in [0.05, 0.1) is 10.7 Å². The van der Waals surface area contributed by atoms with E-state index in [-0.39, 0.29) is 16.4 Å². The number of hydrogen-bond donors (Lipinski definition) is 1. The Morgan fingerprint density at radius 1 is 1.53 bits per heavy atom. The number of carbonyl (C=O) groups excluding carboxylic acids is 1. The van der Waals surface area contributed by atoms with Crippen LogP contribution in [-0.4, -0.2) is 21.8 Å². The number of thiazole rings is 1. The summed E-state index contributed by atoms with van der Waals surface area (Å²) in [4.78, 5) is 26.3. The van der Waals surface area contributed by atoms with Crippen molar-refractivity contribution in [3.05, 3.63) is 27.4 Å². The molecule has 2 aromatic rings. The Bertz CT molecular complexity index is 570. The van der Waals surface area contributed by atoms with E-state index in [0.717, 1.165) is 11.3 Å². The number of hydrogen-bond acceptors (Lipinski definition) is 5. The molecule has 0 amide bonds. The minimum atomic E-state index is -1.22. The molecule has 2 aromatic heterocycles. The van der Waals surface area contributed by atoms with Crippen molar-refractivity contribution in [2.45, 2.75) is 6.92 Å². The van der Waals surface area contributed by atoms with Crippen LogP contribution in [0, 0.1) is 0 Å². The number of carboxylic acid groups (broad SMARTS) is 1. The summed E-state index contributed by atoms with van der Waals surface area (Å²) < 4.78 is 5.84. The maximum Gasteiger partial charge on any atom is 0.356 e. The number of carbonyl (C=O) groups is 2. The number of aromatic nitrogens is 1. The SMILES string of the molecule is CC(=O)c1sc(-c2occc2Br)nc1C(=O)O. The lowest BCUT2D eigenvalue weighted by Crippen LogP contribution is -2.03. The molecule has 17 heavy (non-hydrogen) atoms. The zero-order chi connectivity index (χ0) is 12.6. The lowest BCUT2D eigenvalue weighted by atomic mass is 10.3. The second-order valence-electron chi connectivity index (χ2n) is 3.16. The topological polar surface area (TPSA) is 80.4 Å². The third-order valence-corrected chi connectivity index (χ3v) is 3.74. The monoisotopic (exact) mass is 315 g/mol. The average molecular weight is 316 g/mol. The summed E-state index contributed by atoms with van der Waals surface area (Å²) in [6, 6.07) is 1.67. The van der Waals surface area contributed by atoms with Crippen molar-refractivity contribution in [2.75, 3.05) is 0 Å². The molecular weight excluding hydrogens is 310 g/mol. The van der Waals surface area contributed by atoms with Crippen LogP contribution in [0.25, 0.3) is 10.8 Å². The highest BCUT2D eigenvalue weighted by Crippen LogP contribution is 2.34. The Morgan fingerprint density at radius 2 is 2.24 bits per heavy atom. The van der Waals surface area contributed by atoms with Gasteiger partial charge in [-0.2, -0.15) is 0 Å². The molecule has 0 radical (unpaired) electrons. The van der Waals surface area contributed by atoms with E-state index in [1.807, 2.05) is 0 Å². The van der Waals surface area contributed by atoms with E-state index >= 15 is 0 Å². The van der Waals surface area contributed by atoms with Crippen molar-refractivity contribution in [3.63, 3.8) is 0 Å². The number of nitrogens with zero attached hydrogens (tertiary/aromatic N) is 1. The molecule has 0 saturated heterocycles. The molecule has 0 aromatic carbocycles. The van der Waals surface area contributed by atoms with Crippen molar-refractivity contribution in [1.82, 2.24) is 4.98 Å². The average Bonchev–Trinajstić information content (AvgIpc) is 2.82. The molecule has 88 valence electrons. The molecular formula is C10H6BrNO4S. The van der Waals surface area contributed by atoms with Gasteiger partial charge in [0.2, 0.25) is 0 Å². The molecule has 0 atom stereocenters. The molecule has 0 saturated carbocycles. The standard InChI is InChI=1S/C10H6BrNO4S/c1-4(13)8-6(10(14)15)12-9(17-8)7-5(11)2-3-16-7/h2-3H,1H3,(H,14,15). The number of halogens is 1. The van der Waals surface area contributed by atoms with E-state index in [1.54, 1.807) is 6.07 Å². The zero-order valence-corrected chi connectivity index (χ0v) is 11.0. The predicted octanol–water partition coefficient (Wildman–Crippen LogP) is 3.07. The first kappa shape index (κ1) is 12.0. The molecule has 0 bridgehead atoms. The highest BCUT2D eigenvalue weighted by molar-refractivity contribution is 9.10. The summed E-state index contributed by atoms with van der Waals surface area (Å²) >= 11 is 4.25. The van der Waals surface area contributed by atoms with Gasteiger partial charge >= 0.3 is 5.97 Å². The highest BCUT2D eigenvalue weighted by atomic mass is 79.9. The first-order chi connectivity index (χ1) is 8.00. The molecule has 0 unspecified atom stereocenters. The van der Waals surface area contributed by atoms with Crippen molar-refractivity contribution in [2.24, 2.45) is 0 Å². The number of rotatable bonds is 3. The van der Waals surface area contributed by atoms with E-state index in [4.69, 9.17) is 9.52 Å². The first-order valence-corrected chi connectivity index (χ1v) is 6.10. The maximum absolute atomic E-state index is 11.3. The van der Waals surface area contributed by atoms with Gasteiger partial charge in [-0.1, -0.05) is 0 Å². The number of carboxylic acids is 1. The lowest BCUT2D eigenvalue weighted by Gasteiger charge is -1.89. The predicted molar refractivity (Wildman–Crippen MR) is 64.5 cm³/mol. The van der Waals surface area contributed by atoms with Crippen LogP contribution in [0.1, 0.15) is 27.1 Å².